The van der Waals surface area contributed by atoms with Crippen molar-refractivity contribution in [3.8, 4) is 17.1 Å². The molecule has 8 nitrogen and oxygen atoms in total. The molecule has 33 heavy (non-hydrogen) atoms. The lowest BCUT2D eigenvalue weighted by Gasteiger charge is -2.13. The number of carbonyl (C=O) groups is 2. The van der Waals surface area contributed by atoms with Crippen LogP contribution in [0.3, 0.4) is 0 Å². The second-order valence-electron chi connectivity index (χ2n) is 7.13. The largest absolute Gasteiger partial charge is 0.477 e. The van der Waals surface area contributed by atoms with Gasteiger partial charge in [-0.05, 0) is 60.9 Å². The number of pyridine rings is 2. The molecule has 1 aromatic carbocycles. The molecule has 0 radical (unpaired) electrons. The van der Waals surface area contributed by atoms with Crippen LogP contribution in [-0.4, -0.2) is 33.7 Å². The zero-order chi connectivity index (χ0) is 24.0. The van der Waals surface area contributed by atoms with Crippen LogP contribution in [0.25, 0.3) is 11.3 Å². The Morgan fingerprint density at radius 2 is 1.79 bits per heavy atom. The van der Waals surface area contributed by atoms with Crippen LogP contribution in [0.15, 0.2) is 42.6 Å². The maximum atomic E-state index is 12.9. The number of benzene rings is 1. The SMILES string of the molecule is CCOc1ncc(C)cc1-c1cc(CNC(=O)O)cc(C(=O)NCc2ccc(Cl)c(Cl)c2)n1. The Morgan fingerprint density at radius 1 is 1.03 bits per heavy atom. The summed E-state index contributed by atoms with van der Waals surface area (Å²) in [7, 11) is 0. The van der Waals surface area contributed by atoms with Crippen LogP contribution in [-0.2, 0) is 13.1 Å². The summed E-state index contributed by atoms with van der Waals surface area (Å²) >= 11 is 12.0. The Bertz CT molecular complexity index is 1190. The van der Waals surface area contributed by atoms with Gasteiger partial charge in [-0.1, -0.05) is 29.3 Å². The van der Waals surface area contributed by atoms with Gasteiger partial charge >= 0.3 is 6.09 Å². The predicted octanol–water partition coefficient (Wildman–Crippen LogP) is 4.86. The Hall–Kier alpha value is -3.36. The molecule has 0 fully saturated rings. The number of hydrogen-bond donors (Lipinski definition) is 3. The molecule has 3 aromatic rings. The number of carbonyl (C=O) groups excluding carboxylic acids is 1. The van der Waals surface area contributed by atoms with E-state index in [2.05, 4.69) is 20.6 Å². The highest BCUT2D eigenvalue weighted by atomic mass is 35.5. The molecule has 0 spiro atoms. The maximum Gasteiger partial charge on any atom is 0.404 e. The van der Waals surface area contributed by atoms with Gasteiger partial charge in [-0.2, -0.15) is 0 Å². The van der Waals surface area contributed by atoms with Gasteiger partial charge in [-0.3, -0.25) is 4.79 Å². The fourth-order valence-electron chi connectivity index (χ4n) is 3.04. The van der Waals surface area contributed by atoms with E-state index in [-0.39, 0.29) is 18.8 Å². The van der Waals surface area contributed by atoms with Crippen LogP contribution in [0.2, 0.25) is 10.0 Å². The maximum absolute atomic E-state index is 12.9. The van der Waals surface area contributed by atoms with Crippen LogP contribution in [0.5, 0.6) is 5.88 Å². The topological polar surface area (TPSA) is 113 Å². The molecule has 0 aliphatic heterocycles. The minimum Gasteiger partial charge on any atom is -0.477 e. The molecular weight excluding hydrogens is 467 g/mol. The van der Waals surface area contributed by atoms with Gasteiger partial charge in [0.05, 0.1) is 27.9 Å². The molecule has 10 heteroatoms. The molecule has 0 atom stereocenters. The molecule has 0 saturated heterocycles. The highest BCUT2D eigenvalue weighted by Crippen LogP contribution is 2.29. The third-order valence-electron chi connectivity index (χ3n) is 4.54. The molecular formula is C23H22Cl2N4O4. The van der Waals surface area contributed by atoms with Gasteiger partial charge in [0.25, 0.3) is 5.91 Å². The minimum absolute atomic E-state index is 0.00113. The van der Waals surface area contributed by atoms with Crippen LogP contribution in [0.1, 0.15) is 34.1 Å². The van der Waals surface area contributed by atoms with Crippen molar-refractivity contribution < 1.29 is 19.4 Å². The highest BCUT2D eigenvalue weighted by Gasteiger charge is 2.16. The van der Waals surface area contributed by atoms with Crippen molar-refractivity contribution in [2.75, 3.05) is 6.61 Å². The molecule has 2 heterocycles. The van der Waals surface area contributed by atoms with Gasteiger partial charge in [-0.15, -0.1) is 0 Å². The van der Waals surface area contributed by atoms with Gasteiger partial charge < -0.3 is 20.5 Å². The van der Waals surface area contributed by atoms with Gasteiger partial charge in [0.15, 0.2) is 0 Å². The van der Waals surface area contributed by atoms with Gasteiger partial charge in [0.1, 0.15) is 5.69 Å². The van der Waals surface area contributed by atoms with E-state index in [4.69, 9.17) is 33.0 Å². The highest BCUT2D eigenvalue weighted by molar-refractivity contribution is 6.42. The third-order valence-corrected chi connectivity index (χ3v) is 5.28. The van der Waals surface area contributed by atoms with E-state index in [1.165, 1.54) is 6.07 Å². The first-order valence-electron chi connectivity index (χ1n) is 10.1. The van der Waals surface area contributed by atoms with Crippen LogP contribution < -0.4 is 15.4 Å². The van der Waals surface area contributed by atoms with Crippen molar-refractivity contribution in [1.82, 2.24) is 20.6 Å². The van der Waals surface area contributed by atoms with E-state index in [9.17, 15) is 9.59 Å². The average Bonchev–Trinajstić information content (AvgIpc) is 2.79. The number of ether oxygens (including phenoxy) is 1. The molecule has 0 bridgehead atoms. The minimum atomic E-state index is -1.17. The van der Waals surface area contributed by atoms with Crippen molar-refractivity contribution in [3.63, 3.8) is 0 Å². The second-order valence-corrected chi connectivity index (χ2v) is 7.95. The third kappa shape index (κ3) is 6.57. The smallest absolute Gasteiger partial charge is 0.404 e. The molecule has 0 aliphatic rings. The number of nitrogens with one attached hydrogen (secondary N) is 2. The number of carboxylic acid groups (broad SMARTS) is 1. The fourth-order valence-corrected chi connectivity index (χ4v) is 3.36. The summed E-state index contributed by atoms with van der Waals surface area (Å²) in [5.74, 6) is -0.0563. The van der Waals surface area contributed by atoms with E-state index in [1.54, 1.807) is 30.5 Å². The molecule has 3 rings (SSSR count). The summed E-state index contributed by atoms with van der Waals surface area (Å²) in [5.41, 5.74) is 3.38. The fraction of sp³-hybridized carbons (Fsp3) is 0.217. The van der Waals surface area contributed by atoms with Crippen LogP contribution in [0.4, 0.5) is 4.79 Å². The van der Waals surface area contributed by atoms with E-state index in [0.29, 0.717) is 39.4 Å². The zero-order valence-electron chi connectivity index (χ0n) is 18.0. The Morgan fingerprint density at radius 3 is 2.48 bits per heavy atom. The van der Waals surface area contributed by atoms with Crippen molar-refractivity contribution in [1.29, 1.82) is 0 Å². The van der Waals surface area contributed by atoms with E-state index >= 15 is 0 Å². The lowest BCUT2D eigenvalue weighted by Crippen LogP contribution is -2.25. The predicted molar refractivity (Wildman–Crippen MR) is 126 cm³/mol. The van der Waals surface area contributed by atoms with Gasteiger partial charge in [-0.25, -0.2) is 14.8 Å². The second kappa shape index (κ2) is 11.0. The summed E-state index contributed by atoms with van der Waals surface area (Å²) in [6.45, 7) is 4.34. The summed E-state index contributed by atoms with van der Waals surface area (Å²) in [4.78, 5) is 32.7. The summed E-state index contributed by atoms with van der Waals surface area (Å²) in [5, 5.41) is 14.9. The Balaban J connectivity index is 1.94. The van der Waals surface area contributed by atoms with E-state index in [1.807, 2.05) is 19.9 Å². The first-order chi connectivity index (χ1) is 15.8. The molecule has 0 saturated carbocycles. The van der Waals surface area contributed by atoms with Crippen molar-refractivity contribution in [3.05, 3.63) is 75.0 Å². The molecule has 172 valence electrons. The standard InChI is InChI=1S/C23H22Cl2N4O4/c1-3-33-22-16(6-13(2)10-27-22)19-8-15(12-28-23(31)32)9-20(29-19)21(30)26-11-14-4-5-17(24)18(25)7-14/h4-10,28H,3,11-12H2,1-2H3,(H,26,30)(H,31,32). The van der Waals surface area contributed by atoms with E-state index < -0.39 is 12.0 Å². The van der Waals surface area contributed by atoms with Crippen LogP contribution >= 0.6 is 23.2 Å². The monoisotopic (exact) mass is 488 g/mol. The average molecular weight is 489 g/mol. The van der Waals surface area contributed by atoms with E-state index in [0.717, 1.165) is 11.1 Å². The van der Waals surface area contributed by atoms with Crippen molar-refractivity contribution in [2.24, 2.45) is 0 Å². The lowest BCUT2D eigenvalue weighted by atomic mass is 10.1. The molecule has 2 amide bonds. The first-order valence-corrected chi connectivity index (χ1v) is 10.8. The first kappa shape index (κ1) is 24.3. The van der Waals surface area contributed by atoms with Gasteiger partial charge in [0.2, 0.25) is 5.88 Å². The van der Waals surface area contributed by atoms with Crippen LogP contribution in [0, 0.1) is 6.92 Å². The Labute approximate surface area is 200 Å². The normalized spacial score (nSPS) is 10.5. The summed E-state index contributed by atoms with van der Waals surface area (Å²) in [6.07, 6.45) is 0.501. The quantitative estimate of drug-likeness (QED) is 0.417. The van der Waals surface area contributed by atoms with Crippen molar-refractivity contribution in [2.45, 2.75) is 26.9 Å². The molecule has 0 aliphatic carbocycles. The summed E-state index contributed by atoms with van der Waals surface area (Å²) in [6, 6.07) is 10.2. The Kier molecular flexibility index (Phi) is 8.08. The summed E-state index contributed by atoms with van der Waals surface area (Å²) < 4.78 is 5.63. The number of hydrogen-bond acceptors (Lipinski definition) is 5. The molecule has 2 aromatic heterocycles. The number of aromatic nitrogens is 2. The molecule has 3 N–H and O–H groups in total. The lowest BCUT2D eigenvalue weighted by molar-refractivity contribution is 0.0946. The number of nitrogens with zero attached hydrogens (tertiary/aromatic N) is 2. The molecule has 0 unspecified atom stereocenters. The van der Waals surface area contributed by atoms with Gasteiger partial charge in [0, 0.05) is 19.3 Å². The number of rotatable bonds is 8. The zero-order valence-corrected chi connectivity index (χ0v) is 19.5. The van der Waals surface area contributed by atoms with Crippen molar-refractivity contribution >= 4 is 35.2 Å². The number of aryl methyl sites for hydroxylation is 1. The number of amides is 2. The number of halogens is 2.